The molecule has 0 aliphatic carbocycles. The number of ether oxygens (including phenoxy) is 2. The second kappa shape index (κ2) is 2.51. The molecule has 1 aromatic rings. The zero-order chi connectivity index (χ0) is 7.68. The molecular formula is C8H9NO2. The van der Waals surface area contributed by atoms with Gasteiger partial charge in [0, 0.05) is 6.20 Å². The Bertz CT molecular complexity index is 237. The SMILES string of the molecule is CC1OC1Oc1cccnc1. The Morgan fingerprint density at radius 2 is 2.45 bits per heavy atom. The van der Waals surface area contributed by atoms with E-state index in [4.69, 9.17) is 9.47 Å². The Balaban J connectivity index is 1.97. The molecule has 1 fully saturated rings. The van der Waals surface area contributed by atoms with Gasteiger partial charge in [-0.1, -0.05) is 0 Å². The lowest BCUT2D eigenvalue weighted by atomic mass is 10.4. The molecule has 3 nitrogen and oxygen atoms in total. The highest BCUT2D eigenvalue weighted by Crippen LogP contribution is 2.24. The molecule has 58 valence electrons. The number of hydrogen-bond acceptors (Lipinski definition) is 3. The summed E-state index contributed by atoms with van der Waals surface area (Å²) in [7, 11) is 0. The average molecular weight is 151 g/mol. The van der Waals surface area contributed by atoms with Crippen LogP contribution in [0.3, 0.4) is 0 Å². The molecule has 3 heteroatoms. The molecule has 1 aliphatic rings. The van der Waals surface area contributed by atoms with Crippen LogP contribution in [-0.4, -0.2) is 17.4 Å². The summed E-state index contributed by atoms with van der Waals surface area (Å²) in [6.07, 6.45) is 3.56. The van der Waals surface area contributed by atoms with Crippen molar-refractivity contribution in [3.63, 3.8) is 0 Å². The van der Waals surface area contributed by atoms with Crippen LogP contribution in [0.5, 0.6) is 5.75 Å². The van der Waals surface area contributed by atoms with Crippen molar-refractivity contribution in [2.75, 3.05) is 0 Å². The smallest absolute Gasteiger partial charge is 0.226 e. The van der Waals surface area contributed by atoms with Crippen LogP contribution >= 0.6 is 0 Å². The Kier molecular flexibility index (Phi) is 1.51. The zero-order valence-electron chi connectivity index (χ0n) is 6.23. The van der Waals surface area contributed by atoms with Crippen LogP contribution in [0.2, 0.25) is 0 Å². The van der Waals surface area contributed by atoms with Gasteiger partial charge in [-0.25, -0.2) is 0 Å². The van der Waals surface area contributed by atoms with Gasteiger partial charge in [-0.3, -0.25) is 4.98 Å². The van der Waals surface area contributed by atoms with Gasteiger partial charge >= 0.3 is 0 Å². The van der Waals surface area contributed by atoms with Gasteiger partial charge in [-0.2, -0.15) is 0 Å². The summed E-state index contributed by atoms with van der Waals surface area (Å²) in [5.74, 6) is 0.766. The normalized spacial score (nSPS) is 28.1. The maximum Gasteiger partial charge on any atom is 0.226 e. The summed E-state index contributed by atoms with van der Waals surface area (Å²) in [6.45, 7) is 1.97. The molecule has 1 aromatic heterocycles. The maximum atomic E-state index is 5.35. The summed E-state index contributed by atoms with van der Waals surface area (Å²) in [6, 6.07) is 3.70. The predicted octanol–water partition coefficient (Wildman–Crippen LogP) is 1.21. The fraction of sp³-hybridized carbons (Fsp3) is 0.375. The molecular weight excluding hydrogens is 142 g/mol. The van der Waals surface area contributed by atoms with Gasteiger partial charge < -0.3 is 9.47 Å². The molecule has 0 N–H and O–H groups in total. The fourth-order valence-electron chi connectivity index (χ4n) is 0.841. The van der Waals surface area contributed by atoms with Gasteiger partial charge in [0.05, 0.1) is 6.20 Å². The van der Waals surface area contributed by atoms with E-state index in [-0.39, 0.29) is 12.4 Å². The summed E-state index contributed by atoms with van der Waals surface area (Å²) in [5, 5.41) is 0. The van der Waals surface area contributed by atoms with E-state index in [0.717, 1.165) is 5.75 Å². The Morgan fingerprint density at radius 1 is 1.64 bits per heavy atom. The van der Waals surface area contributed by atoms with E-state index in [2.05, 4.69) is 4.98 Å². The number of rotatable bonds is 2. The van der Waals surface area contributed by atoms with E-state index in [1.807, 2.05) is 19.1 Å². The van der Waals surface area contributed by atoms with Crippen LogP contribution < -0.4 is 4.74 Å². The van der Waals surface area contributed by atoms with Gasteiger partial charge in [0.1, 0.15) is 11.9 Å². The average Bonchev–Trinajstić information content (AvgIpc) is 2.69. The topological polar surface area (TPSA) is 34.6 Å². The van der Waals surface area contributed by atoms with Crippen molar-refractivity contribution in [1.82, 2.24) is 4.98 Å². The minimum atomic E-state index is -0.0563. The van der Waals surface area contributed by atoms with Gasteiger partial charge in [0.15, 0.2) is 0 Å². The Hall–Kier alpha value is -1.09. The quantitative estimate of drug-likeness (QED) is 0.596. The van der Waals surface area contributed by atoms with E-state index in [0.29, 0.717) is 0 Å². The summed E-state index contributed by atoms with van der Waals surface area (Å²) in [4.78, 5) is 3.91. The first-order chi connectivity index (χ1) is 5.36. The third-order valence-electron chi connectivity index (χ3n) is 1.54. The summed E-state index contributed by atoms with van der Waals surface area (Å²) < 4.78 is 10.4. The van der Waals surface area contributed by atoms with Crippen molar-refractivity contribution >= 4 is 0 Å². The van der Waals surface area contributed by atoms with Crippen molar-refractivity contribution in [2.45, 2.75) is 19.3 Å². The highest BCUT2D eigenvalue weighted by molar-refractivity contribution is 5.16. The van der Waals surface area contributed by atoms with Gasteiger partial charge in [0.2, 0.25) is 6.29 Å². The van der Waals surface area contributed by atoms with Crippen molar-refractivity contribution < 1.29 is 9.47 Å². The maximum absolute atomic E-state index is 5.35. The predicted molar refractivity (Wildman–Crippen MR) is 39.2 cm³/mol. The van der Waals surface area contributed by atoms with Crippen LogP contribution in [0.4, 0.5) is 0 Å². The monoisotopic (exact) mass is 151 g/mol. The largest absolute Gasteiger partial charge is 0.460 e. The standard InChI is InChI=1S/C8H9NO2/c1-6-8(10-6)11-7-3-2-4-9-5-7/h2-6,8H,1H3. The number of hydrogen-bond donors (Lipinski definition) is 0. The third-order valence-corrected chi connectivity index (χ3v) is 1.54. The number of epoxide rings is 1. The minimum Gasteiger partial charge on any atom is -0.460 e. The zero-order valence-corrected chi connectivity index (χ0v) is 6.23. The fourth-order valence-corrected chi connectivity index (χ4v) is 0.841. The number of pyridine rings is 1. The molecule has 1 saturated heterocycles. The van der Waals surface area contributed by atoms with Crippen LogP contribution in [0.15, 0.2) is 24.5 Å². The molecule has 0 aromatic carbocycles. The van der Waals surface area contributed by atoms with Crippen molar-refractivity contribution in [3.05, 3.63) is 24.5 Å². The molecule has 0 spiro atoms. The van der Waals surface area contributed by atoms with E-state index < -0.39 is 0 Å². The first-order valence-electron chi connectivity index (χ1n) is 3.58. The van der Waals surface area contributed by atoms with Crippen molar-refractivity contribution in [1.29, 1.82) is 0 Å². The molecule has 0 saturated carbocycles. The summed E-state index contributed by atoms with van der Waals surface area (Å²) in [5.41, 5.74) is 0. The van der Waals surface area contributed by atoms with Crippen molar-refractivity contribution in [3.8, 4) is 5.75 Å². The second-order valence-electron chi connectivity index (χ2n) is 2.52. The summed E-state index contributed by atoms with van der Waals surface area (Å²) >= 11 is 0. The third kappa shape index (κ3) is 1.49. The van der Waals surface area contributed by atoms with Crippen molar-refractivity contribution in [2.24, 2.45) is 0 Å². The highest BCUT2D eigenvalue weighted by Gasteiger charge is 2.36. The number of aromatic nitrogens is 1. The minimum absolute atomic E-state index is 0.0563. The molecule has 11 heavy (non-hydrogen) atoms. The van der Waals surface area contributed by atoms with E-state index in [1.54, 1.807) is 12.4 Å². The van der Waals surface area contributed by atoms with Crippen LogP contribution in [0, 0.1) is 0 Å². The van der Waals surface area contributed by atoms with Gasteiger partial charge in [-0.15, -0.1) is 0 Å². The lowest BCUT2D eigenvalue weighted by Crippen LogP contribution is -2.00. The second-order valence-corrected chi connectivity index (χ2v) is 2.52. The van der Waals surface area contributed by atoms with E-state index >= 15 is 0 Å². The van der Waals surface area contributed by atoms with Crippen LogP contribution in [0.25, 0.3) is 0 Å². The highest BCUT2D eigenvalue weighted by atomic mass is 16.8. The Labute approximate surface area is 65.0 Å². The lowest BCUT2D eigenvalue weighted by Gasteiger charge is -1.98. The molecule has 0 radical (unpaired) electrons. The van der Waals surface area contributed by atoms with E-state index in [1.165, 1.54) is 0 Å². The molecule has 0 amide bonds. The first-order valence-corrected chi connectivity index (χ1v) is 3.58. The molecule has 2 unspecified atom stereocenters. The molecule has 2 atom stereocenters. The molecule has 2 rings (SSSR count). The number of nitrogens with zero attached hydrogens (tertiary/aromatic N) is 1. The lowest BCUT2D eigenvalue weighted by molar-refractivity contribution is 0.178. The van der Waals surface area contributed by atoms with Crippen LogP contribution in [-0.2, 0) is 4.74 Å². The Morgan fingerprint density at radius 3 is 3.00 bits per heavy atom. The molecule has 1 aliphatic heterocycles. The van der Waals surface area contributed by atoms with E-state index in [9.17, 15) is 0 Å². The molecule has 0 bridgehead atoms. The van der Waals surface area contributed by atoms with Gasteiger partial charge in [-0.05, 0) is 19.1 Å². The molecule has 2 heterocycles. The van der Waals surface area contributed by atoms with Gasteiger partial charge in [0.25, 0.3) is 0 Å². The van der Waals surface area contributed by atoms with Crippen LogP contribution in [0.1, 0.15) is 6.92 Å². The first kappa shape index (κ1) is 6.61.